The summed E-state index contributed by atoms with van der Waals surface area (Å²) in [5.74, 6) is -0.332. The van der Waals surface area contributed by atoms with Crippen LogP contribution in [0, 0.1) is 19.7 Å². The number of thiazole rings is 1. The third-order valence-corrected chi connectivity index (χ3v) is 6.64. The average Bonchev–Trinajstić information content (AvgIpc) is 3.23. The number of nitrogens with zero attached hydrogens (tertiary/aromatic N) is 3. The Morgan fingerprint density at radius 3 is 2.90 bits per heavy atom. The van der Waals surface area contributed by atoms with Gasteiger partial charge in [0.2, 0.25) is 11.0 Å². The lowest BCUT2D eigenvalue weighted by atomic mass is 9.85. The number of halogens is 2. The summed E-state index contributed by atoms with van der Waals surface area (Å²) in [5, 5.41) is 8.26. The summed E-state index contributed by atoms with van der Waals surface area (Å²) in [7, 11) is 0. The molecule has 0 unspecified atom stereocenters. The van der Waals surface area contributed by atoms with Crippen molar-refractivity contribution in [3.63, 3.8) is 0 Å². The van der Waals surface area contributed by atoms with Crippen LogP contribution in [0.2, 0.25) is 0 Å². The molecule has 0 saturated carbocycles. The Balaban J connectivity index is 1.69. The average molecular weight is 471 g/mol. The summed E-state index contributed by atoms with van der Waals surface area (Å²) in [6.45, 7) is 3.92. The minimum absolute atomic E-state index is 0.167. The molecule has 1 aliphatic rings. The van der Waals surface area contributed by atoms with Crippen LogP contribution in [0.25, 0.3) is 15.3 Å². The Morgan fingerprint density at radius 2 is 2.07 bits per heavy atom. The molecular weight excluding hydrogens is 455 g/mol. The standard InChI is InChI=1S/C21H16BrFN4OS/c1-10-3-6-16-17(7-10)29-21(24-16)27-20-19(11(2)26-27)14(9-18(28)25-20)13-8-12(22)4-5-15(13)23/h3-8,14H,9H2,1-2H3,(H,25,28)/t14-/m0/s1. The van der Waals surface area contributed by atoms with Crippen molar-refractivity contribution in [1.29, 1.82) is 0 Å². The molecule has 0 fully saturated rings. The lowest BCUT2D eigenvalue weighted by molar-refractivity contribution is -0.116. The molecule has 146 valence electrons. The largest absolute Gasteiger partial charge is 0.310 e. The van der Waals surface area contributed by atoms with Gasteiger partial charge in [-0.05, 0) is 55.3 Å². The number of aryl methyl sites for hydroxylation is 2. The second kappa shape index (κ2) is 6.74. The van der Waals surface area contributed by atoms with Crippen LogP contribution in [-0.2, 0) is 4.79 Å². The molecule has 1 atom stereocenters. The van der Waals surface area contributed by atoms with E-state index in [0.717, 1.165) is 31.5 Å². The van der Waals surface area contributed by atoms with Gasteiger partial charge in [-0.15, -0.1) is 0 Å². The van der Waals surface area contributed by atoms with E-state index < -0.39 is 5.92 Å². The summed E-state index contributed by atoms with van der Waals surface area (Å²) in [6, 6.07) is 10.9. The first kappa shape index (κ1) is 18.4. The van der Waals surface area contributed by atoms with Crippen molar-refractivity contribution in [3.8, 4) is 5.13 Å². The Bertz CT molecular complexity index is 1300. The number of hydrogen-bond donors (Lipinski definition) is 1. The number of benzene rings is 2. The molecular formula is C21H16BrFN4OS. The SMILES string of the molecule is Cc1ccc2nc(-n3nc(C)c4c3NC(=O)C[C@H]4c3cc(Br)ccc3F)sc2c1. The van der Waals surface area contributed by atoms with E-state index in [2.05, 4.69) is 37.4 Å². The molecule has 29 heavy (non-hydrogen) atoms. The number of fused-ring (bicyclic) bond motifs is 2. The minimum Gasteiger partial charge on any atom is -0.310 e. The second-order valence-corrected chi connectivity index (χ2v) is 9.12. The van der Waals surface area contributed by atoms with E-state index in [-0.39, 0.29) is 18.1 Å². The third-order valence-electron chi connectivity index (χ3n) is 5.15. The fourth-order valence-electron chi connectivity index (χ4n) is 3.84. The van der Waals surface area contributed by atoms with Crippen molar-refractivity contribution in [1.82, 2.24) is 14.8 Å². The van der Waals surface area contributed by atoms with Crippen LogP contribution in [0.3, 0.4) is 0 Å². The molecule has 1 amide bonds. The van der Waals surface area contributed by atoms with Crippen molar-refractivity contribution in [3.05, 3.63) is 69.1 Å². The normalized spacial score (nSPS) is 16.1. The molecule has 5 nitrogen and oxygen atoms in total. The lowest BCUT2D eigenvalue weighted by Crippen LogP contribution is -2.25. The van der Waals surface area contributed by atoms with E-state index in [0.29, 0.717) is 16.5 Å². The zero-order valence-corrected chi connectivity index (χ0v) is 18.1. The fraction of sp³-hybridized carbons (Fsp3) is 0.190. The van der Waals surface area contributed by atoms with Gasteiger partial charge in [0.05, 0.1) is 15.9 Å². The molecule has 0 saturated heterocycles. The number of anilines is 1. The van der Waals surface area contributed by atoms with Gasteiger partial charge in [-0.3, -0.25) is 4.79 Å². The van der Waals surface area contributed by atoms with Gasteiger partial charge in [0, 0.05) is 22.4 Å². The molecule has 5 rings (SSSR count). The molecule has 3 heterocycles. The molecule has 1 aliphatic heterocycles. The van der Waals surface area contributed by atoms with Crippen molar-refractivity contribution >= 4 is 49.2 Å². The Morgan fingerprint density at radius 1 is 1.24 bits per heavy atom. The van der Waals surface area contributed by atoms with Crippen LogP contribution in [-0.4, -0.2) is 20.7 Å². The number of carbonyl (C=O) groups excluding carboxylic acids is 1. The number of hydrogen-bond acceptors (Lipinski definition) is 4. The summed E-state index contributed by atoms with van der Waals surface area (Å²) in [5.41, 5.74) is 4.11. The molecule has 8 heteroatoms. The van der Waals surface area contributed by atoms with Crippen LogP contribution < -0.4 is 5.32 Å². The summed E-state index contributed by atoms with van der Waals surface area (Å²) in [6.07, 6.45) is 0.173. The van der Waals surface area contributed by atoms with Crippen LogP contribution in [0.1, 0.15) is 34.7 Å². The maximum atomic E-state index is 14.6. The monoisotopic (exact) mass is 470 g/mol. The zero-order chi connectivity index (χ0) is 20.3. The van der Waals surface area contributed by atoms with Gasteiger partial charge in [0.1, 0.15) is 11.6 Å². The molecule has 2 aromatic carbocycles. The predicted molar refractivity (Wildman–Crippen MR) is 115 cm³/mol. The number of aromatic nitrogens is 3. The van der Waals surface area contributed by atoms with Crippen LogP contribution in [0.4, 0.5) is 10.2 Å². The van der Waals surface area contributed by atoms with E-state index in [4.69, 9.17) is 0 Å². The van der Waals surface area contributed by atoms with Crippen molar-refractivity contribution in [2.45, 2.75) is 26.2 Å². The van der Waals surface area contributed by atoms with Crippen LogP contribution in [0.15, 0.2) is 40.9 Å². The van der Waals surface area contributed by atoms with Crippen molar-refractivity contribution in [2.24, 2.45) is 0 Å². The molecule has 0 aliphatic carbocycles. The molecule has 2 aromatic heterocycles. The summed E-state index contributed by atoms with van der Waals surface area (Å²) < 4.78 is 18.1. The van der Waals surface area contributed by atoms with Crippen molar-refractivity contribution < 1.29 is 9.18 Å². The van der Waals surface area contributed by atoms with Gasteiger partial charge in [0.25, 0.3) is 0 Å². The molecule has 4 aromatic rings. The topological polar surface area (TPSA) is 59.8 Å². The Labute approximate surface area is 178 Å². The Hall–Kier alpha value is -2.58. The third kappa shape index (κ3) is 3.07. The first-order valence-corrected chi connectivity index (χ1v) is 10.7. The van der Waals surface area contributed by atoms with Crippen LogP contribution >= 0.6 is 27.3 Å². The highest BCUT2D eigenvalue weighted by Gasteiger charge is 2.34. The summed E-state index contributed by atoms with van der Waals surface area (Å²) in [4.78, 5) is 17.2. The van der Waals surface area contributed by atoms with Gasteiger partial charge in [-0.2, -0.15) is 9.78 Å². The van der Waals surface area contributed by atoms with E-state index >= 15 is 0 Å². The lowest BCUT2D eigenvalue weighted by Gasteiger charge is -2.24. The van der Waals surface area contributed by atoms with Gasteiger partial charge >= 0.3 is 0 Å². The maximum absolute atomic E-state index is 14.6. The first-order chi connectivity index (χ1) is 13.9. The highest BCUT2D eigenvalue weighted by atomic mass is 79.9. The van der Waals surface area contributed by atoms with Gasteiger partial charge < -0.3 is 5.32 Å². The van der Waals surface area contributed by atoms with Gasteiger partial charge in [0.15, 0.2) is 0 Å². The molecule has 0 radical (unpaired) electrons. The van der Waals surface area contributed by atoms with E-state index in [1.807, 2.05) is 26.0 Å². The highest BCUT2D eigenvalue weighted by Crippen LogP contribution is 2.42. The molecule has 0 spiro atoms. The first-order valence-electron chi connectivity index (χ1n) is 9.12. The smallest absolute Gasteiger partial charge is 0.226 e. The van der Waals surface area contributed by atoms with Crippen molar-refractivity contribution in [2.75, 3.05) is 5.32 Å². The van der Waals surface area contributed by atoms with Gasteiger partial charge in [-0.1, -0.05) is 33.3 Å². The minimum atomic E-state index is -0.401. The Kier molecular flexibility index (Phi) is 4.29. The number of amides is 1. The number of carbonyl (C=O) groups is 1. The highest BCUT2D eigenvalue weighted by molar-refractivity contribution is 9.10. The predicted octanol–water partition coefficient (Wildman–Crippen LogP) is 5.47. The summed E-state index contributed by atoms with van der Waals surface area (Å²) >= 11 is 4.92. The quantitative estimate of drug-likeness (QED) is 0.422. The fourth-order valence-corrected chi connectivity index (χ4v) is 5.24. The zero-order valence-electron chi connectivity index (χ0n) is 15.7. The molecule has 1 N–H and O–H groups in total. The van der Waals surface area contributed by atoms with Crippen LogP contribution in [0.5, 0.6) is 0 Å². The number of rotatable bonds is 2. The van der Waals surface area contributed by atoms with E-state index in [1.54, 1.807) is 16.8 Å². The maximum Gasteiger partial charge on any atom is 0.226 e. The van der Waals surface area contributed by atoms with Gasteiger partial charge in [-0.25, -0.2) is 9.37 Å². The van der Waals surface area contributed by atoms with E-state index in [9.17, 15) is 9.18 Å². The number of nitrogens with one attached hydrogen (secondary N) is 1. The second-order valence-electron chi connectivity index (χ2n) is 7.20. The molecule has 0 bridgehead atoms. The van der Waals surface area contributed by atoms with E-state index in [1.165, 1.54) is 17.4 Å².